The maximum Gasteiger partial charge on any atom is -0.0172 e. The molecule has 0 N–H and O–H groups in total. The third-order valence-electron chi connectivity index (χ3n) is 7.26. The molecular weight excluding hydrogens is 240 g/mol. The van der Waals surface area contributed by atoms with Gasteiger partial charge in [0.25, 0.3) is 0 Å². The highest BCUT2D eigenvalue weighted by Gasteiger charge is 2.56. The molecule has 0 bridgehead atoms. The lowest BCUT2D eigenvalue weighted by Gasteiger charge is -2.53. The number of rotatable bonds is 1. The maximum atomic E-state index is 4.34. The van der Waals surface area contributed by atoms with E-state index >= 15 is 0 Å². The Kier molecular flexibility index (Phi) is 3.42. The van der Waals surface area contributed by atoms with Crippen molar-refractivity contribution in [2.24, 2.45) is 28.6 Å². The molecule has 5 unspecified atom stereocenters. The minimum atomic E-state index is 0.556. The zero-order valence-electron chi connectivity index (χ0n) is 14.0. The van der Waals surface area contributed by atoms with Crippen LogP contribution in [-0.4, -0.2) is 0 Å². The predicted octanol–water partition coefficient (Wildman–Crippen LogP) is 6.14. The summed E-state index contributed by atoms with van der Waals surface area (Å²) in [6.45, 7) is 14.1. The van der Waals surface area contributed by atoms with Gasteiger partial charge in [-0.3, -0.25) is 0 Å². The first-order chi connectivity index (χ1) is 9.36. The Labute approximate surface area is 125 Å². The van der Waals surface area contributed by atoms with Crippen LogP contribution in [0.5, 0.6) is 0 Å². The van der Waals surface area contributed by atoms with E-state index in [-0.39, 0.29) is 0 Å². The topological polar surface area (TPSA) is 0 Å². The van der Waals surface area contributed by atoms with Crippen molar-refractivity contribution >= 4 is 0 Å². The highest BCUT2D eigenvalue weighted by Crippen LogP contribution is 2.65. The molecule has 3 aliphatic carbocycles. The van der Waals surface area contributed by atoms with Crippen molar-refractivity contribution in [3.63, 3.8) is 0 Å². The smallest absolute Gasteiger partial charge is 0.0172 e. The minimum Gasteiger partial charge on any atom is -0.0998 e. The lowest BCUT2D eigenvalue weighted by Crippen LogP contribution is -2.46. The molecule has 0 amide bonds. The quantitative estimate of drug-likeness (QED) is 0.503. The molecule has 0 aromatic heterocycles. The van der Waals surface area contributed by atoms with Crippen LogP contribution in [0.4, 0.5) is 0 Å². The average molecular weight is 272 g/mol. The van der Waals surface area contributed by atoms with Gasteiger partial charge in [0.2, 0.25) is 0 Å². The van der Waals surface area contributed by atoms with Gasteiger partial charge in [-0.15, -0.1) is 0 Å². The molecule has 0 aromatic carbocycles. The van der Waals surface area contributed by atoms with E-state index in [2.05, 4.69) is 40.3 Å². The maximum absolute atomic E-state index is 4.34. The number of allylic oxidation sites excluding steroid dienone is 3. The Morgan fingerprint density at radius 2 is 1.85 bits per heavy atom. The Morgan fingerprint density at radius 1 is 1.15 bits per heavy atom. The summed E-state index contributed by atoms with van der Waals surface area (Å²) in [6, 6.07) is 0. The fourth-order valence-corrected chi connectivity index (χ4v) is 5.79. The van der Waals surface area contributed by atoms with Crippen molar-refractivity contribution in [1.29, 1.82) is 0 Å². The predicted molar refractivity (Wildman–Crippen MR) is 87.6 cm³/mol. The molecule has 0 aromatic rings. The fourth-order valence-electron chi connectivity index (χ4n) is 5.79. The summed E-state index contributed by atoms with van der Waals surface area (Å²) >= 11 is 0. The van der Waals surface area contributed by atoms with E-state index in [1.54, 1.807) is 5.57 Å². The molecular formula is C20H32. The summed E-state index contributed by atoms with van der Waals surface area (Å²) < 4.78 is 0. The highest BCUT2D eigenvalue weighted by molar-refractivity contribution is 5.16. The van der Waals surface area contributed by atoms with Gasteiger partial charge in [-0.25, -0.2) is 0 Å². The molecule has 0 aliphatic heterocycles. The minimum absolute atomic E-state index is 0.556. The zero-order chi connectivity index (χ0) is 14.5. The Bertz CT molecular complexity index is 443. The van der Waals surface area contributed by atoms with Crippen LogP contribution in [-0.2, 0) is 0 Å². The SMILES string of the molecule is C=C(C)C1CCC2(C)CCC3(C)CC=C(C)CCC3C12. The van der Waals surface area contributed by atoms with Gasteiger partial charge in [0.1, 0.15) is 0 Å². The summed E-state index contributed by atoms with van der Waals surface area (Å²) in [5.74, 6) is 2.61. The molecule has 0 radical (unpaired) electrons. The Balaban J connectivity index is 1.97. The lowest BCUT2D eigenvalue weighted by atomic mass is 9.51. The van der Waals surface area contributed by atoms with Gasteiger partial charge in [-0.1, -0.05) is 37.6 Å². The summed E-state index contributed by atoms with van der Waals surface area (Å²) in [5.41, 5.74) is 4.25. The molecule has 0 heterocycles. The Morgan fingerprint density at radius 3 is 2.55 bits per heavy atom. The summed E-state index contributed by atoms with van der Waals surface area (Å²) in [5, 5.41) is 0. The largest absolute Gasteiger partial charge is 0.0998 e. The summed E-state index contributed by atoms with van der Waals surface area (Å²) in [6.07, 6.45) is 12.3. The van der Waals surface area contributed by atoms with E-state index in [9.17, 15) is 0 Å². The first kappa shape index (κ1) is 14.4. The van der Waals surface area contributed by atoms with E-state index in [1.165, 1.54) is 50.5 Å². The van der Waals surface area contributed by atoms with E-state index in [4.69, 9.17) is 0 Å². The second-order valence-corrected chi connectivity index (χ2v) is 8.73. The average Bonchev–Trinajstić information content (AvgIpc) is 2.66. The Hall–Kier alpha value is -0.520. The van der Waals surface area contributed by atoms with Gasteiger partial charge in [0.05, 0.1) is 0 Å². The summed E-state index contributed by atoms with van der Waals surface area (Å²) in [4.78, 5) is 0. The normalized spacial score (nSPS) is 48.0. The second kappa shape index (κ2) is 4.75. The molecule has 0 heteroatoms. The van der Waals surface area contributed by atoms with Crippen molar-refractivity contribution in [2.75, 3.05) is 0 Å². The third-order valence-corrected chi connectivity index (χ3v) is 7.26. The van der Waals surface area contributed by atoms with Crippen LogP contribution in [0.3, 0.4) is 0 Å². The molecule has 3 rings (SSSR count). The molecule has 2 fully saturated rings. The van der Waals surface area contributed by atoms with Crippen molar-refractivity contribution in [3.05, 3.63) is 23.8 Å². The first-order valence-corrected chi connectivity index (χ1v) is 8.67. The van der Waals surface area contributed by atoms with Gasteiger partial charge in [-0.05, 0) is 87.4 Å². The van der Waals surface area contributed by atoms with Crippen LogP contribution in [0.2, 0.25) is 0 Å². The summed E-state index contributed by atoms with van der Waals surface area (Å²) in [7, 11) is 0. The van der Waals surface area contributed by atoms with Gasteiger partial charge < -0.3 is 0 Å². The van der Waals surface area contributed by atoms with E-state index in [0.717, 1.165) is 17.8 Å². The number of hydrogen-bond donors (Lipinski definition) is 0. The first-order valence-electron chi connectivity index (χ1n) is 8.67. The molecule has 0 saturated heterocycles. The molecule has 2 saturated carbocycles. The van der Waals surface area contributed by atoms with Gasteiger partial charge in [-0.2, -0.15) is 0 Å². The van der Waals surface area contributed by atoms with Crippen LogP contribution in [0, 0.1) is 28.6 Å². The van der Waals surface area contributed by atoms with Crippen molar-refractivity contribution in [2.45, 2.75) is 72.6 Å². The van der Waals surface area contributed by atoms with Gasteiger partial charge in [0, 0.05) is 0 Å². The number of hydrogen-bond acceptors (Lipinski definition) is 0. The van der Waals surface area contributed by atoms with Crippen LogP contribution in [0.1, 0.15) is 72.6 Å². The number of fused-ring (bicyclic) bond motifs is 3. The molecule has 0 nitrogen and oxygen atoms in total. The van der Waals surface area contributed by atoms with Gasteiger partial charge >= 0.3 is 0 Å². The van der Waals surface area contributed by atoms with Crippen LogP contribution in [0.15, 0.2) is 23.8 Å². The monoisotopic (exact) mass is 272 g/mol. The lowest BCUT2D eigenvalue weighted by molar-refractivity contribution is -0.0331. The van der Waals surface area contributed by atoms with Crippen molar-refractivity contribution in [3.8, 4) is 0 Å². The zero-order valence-corrected chi connectivity index (χ0v) is 14.0. The fraction of sp³-hybridized carbons (Fsp3) is 0.800. The standard InChI is InChI=1S/C20H32/c1-14(2)16-9-11-20(5)13-12-19(4)10-8-15(3)6-7-17(19)18(16)20/h8,16-18H,1,6-7,9-13H2,2-5H3. The molecule has 5 atom stereocenters. The molecule has 3 aliphatic rings. The third kappa shape index (κ3) is 2.11. The van der Waals surface area contributed by atoms with E-state index in [1.807, 2.05) is 0 Å². The highest BCUT2D eigenvalue weighted by atomic mass is 14.6. The van der Waals surface area contributed by atoms with Crippen LogP contribution in [0.25, 0.3) is 0 Å². The van der Waals surface area contributed by atoms with Crippen molar-refractivity contribution in [1.82, 2.24) is 0 Å². The molecule has 112 valence electrons. The van der Waals surface area contributed by atoms with Crippen molar-refractivity contribution < 1.29 is 0 Å². The van der Waals surface area contributed by atoms with Crippen LogP contribution < -0.4 is 0 Å². The van der Waals surface area contributed by atoms with Crippen LogP contribution >= 0.6 is 0 Å². The van der Waals surface area contributed by atoms with E-state index in [0.29, 0.717) is 10.8 Å². The molecule has 20 heavy (non-hydrogen) atoms. The van der Waals surface area contributed by atoms with E-state index < -0.39 is 0 Å². The van der Waals surface area contributed by atoms with Gasteiger partial charge in [0.15, 0.2) is 0 Å². The molecule has 0 spiro atoms. The second-order valence-electron chi connectivity index (χ2n) is 8.73.